The van der Waals surface area contributed by atoms with E-state index >= 15 is 0 Å². The Morgan fingerprint density at radius 2 is 1.56 bits per heavy atom. The number of benzene rings is 3. The lowest BCUT2D eigenvalue weighted by molar-refractivity contribution is 0.464. The fourth-order valence-corrected chi connectivity index (χ4v) is 2.65. The van der Waals surface area contributed by atoms with Gasteiger partial charge in [0, 0.05) is 11.1 Å². The van der Waals surface area contributed by atoms with Crippen molar-refractivity contribution in [3.8, 4) is 46.0 Å². The molecule has 5 heteroatoms. The number of phenols is 1. The van der Waals surface area contributed by atoms with Crippen molar-refractivity contribution in [2.45, 2.75) is 0 Å². The Balaban J connectivity index is 1.55. The summed E-state index contributed by atoms with van der Waals surface area (Å²) in [7, 11) is 0. The minimum absolute atomic E-state index is 0.190. The molecule has 27 heavy (non-hydrogen) atoms. The van der Waals surface area contributed by atoms with Crippen LogP contribution < -0.4 is 4.74 Å². The summed E-state index contributed by atoms with van der Waals surface area (Å²) in [6.45, 7) is 0. The lowest BCUT2D eigenvalue weighted by atomic mass is 10.1. The highest BCUT2D eigenvalue weighted by Gasteiger charge is 2.11. The summed E-state index contributed by atoms with van der Waals surface area (Å²) in [5.74, 6) is 1.95. The van der Waals surface area contributed by atoms with Crippen LogP contribution in [0.4, 0.5) is 0 Å². The van der Waals surface area contributed by atoms with Crippen molar-refractivity contribution >= 4 is 0 Å². The smallest absolute Gasteiger partial charge is 0.226 e. The third-order valence-electron chi connectivity index (χ3n) is 4.00. The molecule has 0 fully saturated rings. The second-order valence-electron chi connectivity index (χ2n) is 5.82. The van der Waals surface area contributed by atoms with E-state index in [4.69, 9.17) is 9.15 Å². The first-order valence-electron chi connectivity index (χ1n) is 8.25. The van der Waals surface area contributed by atoms with E-state index in [1.165, 1.54) is 0 Å². The zero-order valence-electron chi connectivity index (χ0n) is 14.2. The van der Waals surface area contributed by atoms with Gasteiger partial charge in [-0.15, -0.1) is 0 Å². The van der Waals surface area contributed by atoms with Gasteiger partial charge in [0.2, 0.25) is 5.89 Å². The maximum atomic E-state index is 9.31. The monoisotopic (exact) mass is 354 g/mol. The van der Waals surface area contributed by atoms with Gasteiger partial charge in [-0.25, -0.2) is 4.98 Å². The molecule has 3 aromatic carbocycles. The minimum atomic E-state index is 0.190. The molecular formula is C22H14N2O3. The maximum Gasteiger partial charge on any atom is 0.226 e. The number of aromatic nitrogens is 1. The van der Waals surface area contributed by atoms with E-state index in [-0.39, 0.29) is 5.75 Å². The van der Waals surface area contributed by atoms with Crippen molar-refractivity contribution < 1.29 is 14.3 Å². The molecule has 4 rings (SSSR count). The number of aromatic hydroxyl groups is 1. The van der Waals surface area contributed by atoms with Crippen LogP contribution in [0.25, 0.3) is 22.7 Å². The fraction of sp³-hybridized carbons (Fsp3) is 0. The Morgan fingerprint density at radius 1 is 0.889 bits per heavy atom. The summed E-state index contributed by atoms with van der Waals surface area (Å²) in [6, 6.07) is 23.3. The molecule has 0 amide bonds. The third kappa shape index (κ3) is 3.51. The summed E-state index contributed by atoms with van der Waals surface area (Å²) in [5.41, 5.74) is 2.71. The number of nitrogens with zero attached hydrogens (tertiary/aromatic N) is 2. The quantitative estimate of drug-likeness (QED) is 0.532. The largest absolute Gasteiger partial charge is 0.508 e. The first-order valence-corrected chi connectivity index (χ1v) is 8.25. The number of rotatable bonds is 4. The molecule has 0 aliphatic heterocycles. The summed E-state index contributed by atoms with van der Waals surface area (Å²) in [4.78, 5) is 4.50. The summed E-state index contributed by atoms with van der Waals surface area (Å²) in [6.07, 6.45) is 1.55. The van der Waals surface area contributed by atoms with E-state index in [0.29, 0.717) is 28.6 Å². The SMILES string of the molecule is N#Cc1ccccc1-c1coc(-c2ccc(Oc3ccc(O)cc3)cc2)n1. The number of nitriles is 1. The molecule has 0 spiro atoms. The molecule has 0 aliphatic carbocycles. The van der Waals surface area contributed by atoms with Gasteiger partial charge < -0.3 is 14.3 Å². The van der Waals surface area contributed by atoms with Gasteiger partial charge in [0.1, 0.15) is 29.2 Å². The summed E-state index contributed by atoms with van der Waals surface area (Å²) in [5, 5.41) is 18.5. The Bertz CT molecular complexity index is 1110. The van der Waals surface area contributed by atoms with E-state index in [0.717, 1.165) is 11.1 Å². The van der Waals surface area contributed by atoms with Gasteiger partial charge in [-0.05, 0) is 54.6 Å². The van der Waals surface area contributed by atoms with Crippen molar-refractivity contribution in [3.05, 3.63) is 84.6 Å². The highest BCUT2D eigenvalue weighted by atomic mass is 16.5. The number of oxazole rings is 1. The molecule has 0 bridgehead atoms. The number of ether oxygens (including phenoxy) is 1. The van der Waals surface area contributed by atoms with E-state index < -0.39 is 0 Å². The van der Waals surface area contributed by atoms with Gasteiger partial charge in [0.25, 0.3) is 0 Å². The van der Waals surface area contributed by atoms with Gasteiger partial charge in [-0.1, -0.05) is 18.2 Å². The van der Waals surface area contributed by atoms with Crippen molar-refractivity contribution in [1.82, 2.24) is 4.98 Å². The van der Waals surface area contributed by atoms with Crippen molar-refractivity contribution in [2.75, 3.05) is 0 Å². The van der Waals surface area contributed by atoms with E-state index in [2.05, 4.69) is 11.1 Å². The minimum Gasteiger partial charge on any atom is -0.508 e. The molecular weight excluding hydrogens is 340 g/mol. The first-order chi connectivity index (χ1) is 13.2. The average Bonchev–Trinajstić information content (AvgIpc) is 3.20. The van der Waals surface area contributed by atoms with Gasteiger partial charge in [0.05, 0.1) is 11.6 Å². The normalized spacial score (nSPS) is 10.3. The zero-order chi connectivity index (χ0) is 18.6. The van der Waals surface area contributed by atoms with Crippen molar-refractivity contribution in [3.63, 3.8) is 0 Å². The molecule has 4 aromatic rings. The van der Waals surface area contributed by atoms with Crippen LogP contribution in [-0.2, 0) is 0 Å². The summed E-state index contributed by atoms with van der Waals surface area (Å²) < 4.78 is 11.3. The highest BCUT2D eigenvalue weighted by Crippen LogP contribution is 2.29. The summed E-state index contributed by atoms with van der Waals surface area (Å²) >= 11 is 0. The molecule has 5 nitrogen and oxygen atoms in total. The second kappa shape index (κ2) is 7.06. The number of phenolic OH excluding ortho intramolecular Hbond substituents is 1. The van der Waals surface area contributed by atoms with Gasteiger partial charge in [-0.2, -0.15) is 5.26 Å². The highest BCUT2D eigenvalue weighted by molar-refractivity contribution is 5.68. The van der Waals surface area contributed by atoms with Gasteiger partial charge >= 0.3 is 0 Å². The van der Waals surface area contributed by atoms with E-state index in [1.54, 1.807) is 36.6 Å². The van der Waals surface area contributed by atoms with Crippen LogP contribution in [0.15, 0.2) is 83.5 Å². The lowest BCUT2D eigenvalue weighted by Gasteiger charge is -2.06. The van der Waals surface area contributed by atoms with Crippen LogP contribution in [0.3, 0.4) is 0 Å². The zero-order valence-corrected chi connectivity index (χ0v) is 14.2. The van der Waals surface area contributed by atoms with Gasteiger partial charge in [0.15, 0.2) is 0 Å². The van der Waals surface area contributed by atoms with E-state index in [9.17, 15) is 10.4 Å². The molecule has 1 heterocycles. The first kappa shape index (κ1) is 16.4. The molecule has 0 radical (unpaired) electrons. The number of hydrogen-bond donors (Lipinski definition) is 1. The Kier molecular flexibility index (Phi) is 4.30. The van der Waals surface area contributed by atoms with Gasteiger partial charge in [-0.3, -0.25) is 0 Å². The Labute approximate surface area is 155 Å². The molecule has 0 saturated carbocycles. The molecule has 1 aromatic heterocycles. The fourth-order valence-electron chi connectivity index (χ4n) is 2.65. The van der Waals surface area contributed by atoms with Crippen LogP contribution in [0.5, 0.6) is 17.2 Å². The van der Waals surface area contributed by atoms with Crippen LogP contribution in [-0.4, -0.2) is 10.1 Å². The van der Waals surface area contributed by atoms with Crippen LogP contribution in [0, 0.1) is 11.3 Å². The van der Waals surface area contributed by atoms with Crippen molar-refractivity contribution in [2.24, 2.45) is 0 Å². The predicted octanol–water partition coefficient (Wildman–Crippen LogP) is 5.38. The van der Waals surface area contributed by atoms with Crippen LogP contribution >= 0.6 is 0 Å². The topological polar surface area (TPSA) is 79.3 Å². The van der Waals surface area contributed by atoms with Crippen LogP contribution in [0.1, 0.15) is 5.56 Å². The van der Waals surface area contributed by atoms with E-state index in [1.807, 2.05) is 42.5 Å². The second-order valence-corrected chi connectivity index (χ2v) is 5.82. The molecule has 0 atom stereocenters. The molecule has 0 aliphatic rings. The number of hydrogen-bond acceptors (Lipinski definition) is 5. The lowest BCUT2D eigenvalue weighted by Crippen LogP contribution is -1.85. The third-order valence-corrected chi connectivity index (χ3v) is 4.00. The molecule has 0 unspecified atom stereocenters. The molecule has 0 saturated heterocycles. The predicted molar refractivity (Wildman–Crippen MR) is 100 cm³/mol. The van der Waals surface area contributed by atoms with Crippen molar-refractivity contribution in [1.29, 1.82) is 5.26 Å². The molecule has 1 N–H and O–H groups in total. The van der Waals surface area contributed by atoms with Crippen LogP contribution in [0.2, 0.25) is 0 Å². The Morgan fingerprint density at radius 3 is 2.26 bits per heavy atom. The maximum absolute atomic E-state index is 9.31. The standard InChI is InChI=1S/C22H14N2O3/c23-13-16-3-1-2-4-20(16)21-14-26-22(24-21)15-5-9-18(10-6-15)27-19-11-7-17(25)8-12-19/h1-12,14,25H. The molecule has 130 valence electrons. The average molecular weight is 354 g/mol. The Hall–Kier alpha value is -4.04.